The molecule has 0 saturated carbocycles. The standard InChI is InChI=1S/C11H10ClN3O/c1-8-5-14-11(16)15(6-8)7-9-3-2-4-13-10(9)12/h2-6H,7H2,1H3. The van der Waals surface area contributed by atoms with Gasteiger partial charge in [0.25, 0.3) is 0 Å². The minimum absolute atomic E-state index is 0.287. The monoisotopic (exact) mass is 235 g/mol. The van der Waals surface area contributed by atoms with Crippen LogP contribution in [0.2, 0.25) is 5.15 Å². The van der Waals surface area contributed by atoms with Crippen molar-refractivity contribution in [2.24, 2.45) is 0 Å². The molecule has 0 amide bonds. The van der Waals surface area contributed by atoms with Crippen LogP contribution in [0.25, 0.3) is 0 Å². The van der Waals surface area contributed by atoms with Gasteiger partial charge in [0.15, 0.2) is 0 Å². The summed E-state index contributed by atoms with van der Waals surface area (Å²) in [5, 5.41) is 0.413. The summed E-state index contributed by atoms with van der Waals surface area (Å²) in [6, 6.07) is 3.62. The molecule has 0 radical (unpaired) electrons. The van der Waals surface area contributed by atoms with Gasteiger partial charge in [-0.25, -0.2) is 14.8 Å². The lowest BCUT2D eigenvalue weighted by molar-refractivity contribution is 0.719. The van der Waals surface area contributed by atoms with Crippen molar-refractivity contribution in [3.63, 3.8) is 0 Å². The van der Waals surface area contributed by atoms with E-state index in [-0.39, 0.29) is 5.69 Å². The van der Waals surface area contributed by atoms with Gasteiger partial charge in [-0.1, -0.05) is 17.7 Å². The Bertz CT molecular complexity index is 565. The van der Waals surface area contributed by atoms with Crippen LogP contribution in [0.1, 0.15) is 11.1 Å². The number of rotatable bonds is 2. The van der Waals surface area contributed by atoms with Crippen molar-refractivity contribution >= 4 is 11.6 Å². The van der Waals surface area contributed by atoms with E-state index < -0.39 is 0 Å². The summed E-state index contributed by atoms with van der Waals surface area (Å²) >= 11 is 5.92. The Morgan fingerprint density at radius 3 is 3.00 bits per heavy atom. The molecule has 0 N–H and O–H groups in total. The van der Waals surface area contributed by atoms with Gasteiger partial charge >= 0.3 is 5.69 Å². The normalized spacial score (nSPS) is 10.4. The molecule has 5 heteroatoms. The molecular weight excluding hydrogens is 226 g/mol. The van der Waals surface area contributed by atoms with Crippen LogP contribution in [0.3, 0.4) is 0 Å². The molecule has 82 valence electrons. The zero-order chi connectivity index (χ0) is 11.5. The molecule has 16 heavy (non-hydrogen) atoms. The first-order valence-electron chi connectivity index (χ1n) is 4.79. The van der Waals surface area contributed by atoms with Gasteiger partial charge in [0.2, 0.25) is 0 Å². The maximum Gasteiger partial charge on any atom is 0.347 e. The Kier molecular flexibility index (Phi) is 3.01. The second-order valence-electron chi connectivity index (χ2n) is 3.50. The summed E-state index contributed by atoms with van der Waals surface area (Å²) in [6.45, 7) is 2.27. The SMILES string of the molecule is Cc1cnc(=O)n(Cc2cccnc2Cl)c1. The summed E-state index contributed by atoms with van der Waals surface area (Å²) in [4.78, 5) is 19.2. The van der Waals surface area contributed by atoms with Gasteiger partial charge in [0.1, 0.15) is 5.15 Å². The first kappa shape index (κ1) is 10.8. The van der Waals surface area contributed by atoms with E-state index in [9.17, 15) is 4.79 Å². The molecule has 2 rings (SSSR count). The highest BCUT2D eigenvalue weighted by Crippen LogP contribution is 2.12. The molecule has 0 aliphatic carbocycles. The topological polar surface area (TPSA) is 47.8 Å². The number of hydrogen-bond acceptors (Lipinski definition) is 3. The summed E-state index contributed by atoms with van der Waals surface area (Å²) in [7, 11) is 0. The van der Waals surface area contributed by atoms with Crippen molar-refractivity contribution < 1.29 is 0 Å². The van der Waals surface area contributed by atoms with Crippen molar-refractivity contribution in [2.75, 3.05) is 0 Å². The quantitative estimate of drug-likeness (QED) is 0.744. The predicted molar refractivity (Wildman–Crippen MR) is 61.6 cm³/mol. The zero-order valence-electron chi connectivity index (χ0n) is 8.72. The fraction of sp³-hybridized carbons (Fsp3) is 0.182. The van der Waals surface area contributed by atoms with Crippen molar-refractivity contribution in [1.82, 2.24) is 14.5 Å². The van der Waals surface area contributed by atoms with Crippen LogP contribution in [0.15, 0.2) is 35.5 Å². The minimum atomic E-state index is -0.287. The van der Waals surface area contributed by atoms with Crippen LogP contribution < -0.4 is 5.69 Å². The molecule has 2 aromatic rings. The molecule has 0 atom stereocenters. The number of nitrogens with zero attached hydrogens (tertiary/aromatic N) is 3. The van der Waals surface area contributed by atoms with Crippen molar-refractivity contribution in [3.8, 4) is 0 Å². The molecule has 0 aromatic carbocycles. The van der Waals surface area contributed by atoms with Crippen molar-refractivity contribution in [2.45, 2.75) is 13.5 Å². The summed E-state index contributed by atoms with van der Waals surface area (Å²) in [5.41, 5.74) is 1.45. The number of halogens is 1. The molecule has 0 saturated heterocycles. The fourth-order valence-corrected chi connectivity index (χ4v) is 1.58. The fourth-order valence-electron chi connectivity index (χ4n) is 1.40. The van der Waals surface area contributed by atoms with E-state index in [4.69, 9.17) is 11.6 Å². The third kappa shape index (κ3) is 2.28. The Labute approximate surface area is 97.6 Å². The van der Waals surface area contributed by atoms with Gasteiger partial charge < -0.3 is 0 Å². The number of pyridine rings is 1. The van der Waals surface area contributed by atoms with Gasteiger partial charge in [-0.05, 0) is 18.6 Å². The predicted octanol–water partition coefficient (Wildman–Crippen LogP) is 1.65. The lowest BCUT2D eigenvalue weighted by Gasteiger charge is -2.06. The van der Waals surface area contributed by atoms with E-state index in [0.717, 1.165) is 11.1 Å². The van der Waals surface area contributed by atoms with Gasteiger partial charge in [-0.2, -0.15) is 0 Å². The summed E-state index contributed by atoms with van der Waals surface area (Å²) in [5.74, 6) is 0. The van der Waals surface area contributed by atoms with Crippen LogP contribution in [-0.2, 0) is 6.54 Å². The van der Waals surface area contributed by atoms with E-state index in [1.165, 1.54) is 4.57 Å². The zero-order valence-corrected chi connectivity index (χ0v) is 9.48. The maximum atomic E-state index is 11.5. The highest BCUT2D eigenvalue weighted by atomic mass is 35.5. The van der Waals surface area contributed by atoms with Gasteiger partial charge in [0.05, 0.1) is 6.54 Å². The van der Waals surface area contributed by atoms with E-state index >= 15 is 0 Å². The summed E-state index contributed by atoms with van der Waals surface area (Å²) < 4.78 is 1.51. The Balaban J connectivity index is 2.38. The van der Waals surface area contributed by atoms with E-state index in [1.54, 1.807) is 24.7 Å². The third-order valence-electron chi connectivity index (χ3n) is 2.16. The highest BCUT2D eigenvalue weighted by molar-refractivity contribution is 6.30. The average Bonchev–Trinajstić information content (AvgIpc) is 2.27. The maximum absolute atomic E-state index is 11.5. The third-order valence-corrected chi connectivity index (χ3v) is 2.50. The molecule has 2 aromatic heterocycles. The largest absolute Gasteiger partial charge is 0.347 e. The van der Waals surface area contributed by atoms with Crippen LogP contribution in [0.4, 0.5) is 0 Å². The van der Waals surface area contributed by atoms with E-state index in [1.807, 2.05) is 13.0 Å². The van der Waals surface area contributed by atoms with E-state index in [0.29, 0.717) is 11.7 Å². The van der Waals surface area contributed by atoms with Gasteiger partial charge in [0, 0.05) is 24.2 Å². The highest BCUT2D eigenvalue weighted by Gasteiger charge is 2.03. The smallest absolute Gasteiger partial charge is 0.294 e. The lowest BCUT2D eigenvalue weighted by Crippen LogP contribution is -2.23. The molecule has 0 unspecified atom stereocenters. The van der Waals surface area contributed by atoms with E-state index in [2.05, 4.69) is 9.97 Å². The second kappa shape index (κ2) is 4.45. The molecule has 0 spiro atoms. The lowest BCUT2D eigenvalue weighted by atomic mass is 10.3. The Hall–Kier alpha value is -1.68. The van der Waals surface area contributed by atoms with Crippen molar-refractivity contribution in [3.05, 3.63) is 57.5 Å². The van der Waals surface area contributed by atoms with Crippen LogP contribution in [0, 0.1) is 6.92 Å². The average molecular weight is 236 g/mol. The number of aryl methyl sites for hydroxylation is 1. The summed E-state index contributed by atoms with van der Waals surface area (Å²) in [6.07, 6.45) is 4.91. The minimum Gasteiger partial charge on any atom is -0.294 e. The molecule has 4 nitrogen and oxygen atoms in total. The Morgan fingerprint density at radius 2 is 2.25 bits per heavy atom. The Morgan fingerprint density at radius 1 is 1.44 bits per heavy atom. The van der Waals surface area contributed by atoms with Crippen LogP contribution in [-0.4, -0.2) is 14.5 Å². The molecule has 0 bridgehead atoms. The van der Waals surface area contributed by atoms with Crippen LogP contribution in [0.5, 0.6) is 0 Å². The van der Waals surface area contributed by atoms with Gasteiger partial charge in [-0.15, -0.1) is 0 Å². The molecule has 0 aliphatic heterocycles. The first-order valence-corrected chi connectivity index (χ1v) is 5.17. The second-order valence-corrected chi connectivity index (χ2v) is 3.85. The van der Waals surface area contributed by atoms with Crippen molar-refractivity contribution in [1.29, 1.82) is 0 Å². The number of hydrogen-bond donors (Lipinski definition) is 0. The molecule has 2 heterocycles. The first-order chi connectivity index (χ1) is 7.66. The number of aromatic nitrogens is 3. The van der Waals surface area contributed by atoms with Crippen LogP contribution >= 0.6 is 11.6 Å². The molecule has 0 aliphatic rings. The van der Waals surface area contributed by atoms with Gasteiger partial charge in [-0.3, -0.25) is 4.57 Å². The molecular formula is C11H10ClN3O. The molecule has 0 fully saturated rings.